The van der Waals surface area contributed by atoms with E-state index in [1.807, 2.05) is 0 Å². The third kappa shape index (κ3) is 52.1. The molecule has 72 heavy (non-hydrogen) atoms. The van der Waals surface area contributed by atoms with Crippen molar-refractivity contribution in [2.75, 3.05) is 26.4 Å². The quantitative estimate of drug-likeness (QED) is 0.0197. The number of phosphoric acid groups is 1. The fourth-order valence-electron chi connectivity index (χ4n) is 7.98. The number of phosphoric ester groups is 1. The molecule has 11 nitrogen and oxygen atoms in total. The zero-order valence-corrected chi connectivity index (χ0v) is 47.0. The van der Waals surface area contributed by atoms with Crippen molar-refractivity contribution < 1.29 is 52.2 Å². The van der Waals surface area contributed by atoms with Crippen molar-refractivity contribution in [2.24, 2.45) is 0 Å². The van der Waals surface area contributed by atoms with Gasteiger partial charge in [0.05, 0.1) is 19.8 Å². The minimum Gasteiger partial charge on any atom is -0.462 e. The van der Waals surface area contributed by atoms with E-state index in [0.717, 1.165) is 96.3 Å². The molecule has 0 saturated carbocycles. The van der Waals surface area contributed by atoms with E-state index in [-0.39, 0.29) is 25.9 Å². The minimum atomic E-state index is -4.76. The molecule has 0 heterocycles. The Labute approximate surface area is 440 Å². The number of ether oxygens (including phenoxy) is 3. The summed E-state index contributed by atoms with van der Waals surface area (Å²) < 4.78 is 39.4. The van der Waals surface area contributed by atoms with E-state index < -0.39 is 57.8 Å². The van der Waals surface area contributed by atoms with Gasteiger partial charge in [-0.3, -0.25) is 23.4 Å². The lowest BCUT2D eigenvalue weighted by Gasteiger charge is -2.21. The molecule has 0 fully saturated rings. The maximum atomic E-state index is 12.9. The van der Waals surface area contributed by atoms with Gasteiger partial charge in [0.15, 0.2) is 6.10 Å². The second-order valence-electron chi connectivity index (χ2n) is 19.4. The third-order valence-electron chi connectivity index (χ3n) is 12.4. The van der Waals surface area contributed by atoms with Crippen molar-refractivity contribution in [1.29, 1.82) is 0 Å². The highest BCUT2D eigenvalue weighted by Crippen LogP contribution is 2.43. The highest BCUT2D eigenvalue weighted by Gasteiger charge is 2.28. The van der Waals surface area contributed by atoms with Gasteiger partial charge in [-0.25, -0.2) is 4.57 Å². The molecule has 0 rings (SSSR count). The molecular weight excluding hydrogens is 928 g/mol. The van der Waals surface area contributed by atoms with Crippen LogP contribution in [0.4, 0.5) is 0 Å². The van der Waals surface area contributed by atoms with E-state index >= 15 is 0 Å². The van der Waals surface area contributed by atoms with Gasteiger partial charge in [-0.05, 0) is 77.0 Å². The maximum absolute atomic E-state index is 12.9. The number of hydrogen-bond acceptors (Lipinski definition) is 10. The Morgan fingerprint density at radius 2 is 0.736 bits per heavy atom. The summed E-state index contributed by atoms with van der Waals surface area (Å²) in [5.74, 6) is -1.51. The number of rotatable bonds is 54. The summed E-state index contributed by atoms with van der Waals surface area (Å²) in [6, 6.07) is 0. The Morgan fingerprint density at radius 1 is 0.403 bits per heavy atom. The molecule has 0 aliphatic rings. The van der Waals surface area contributed by atoms with Gasteiger partial charge in [0.25, 0.3) is 0 Å². The van der Waals surface area contributed by atoms with Crippen LogP contribution < -0.4 is 0 Å². The van der Waals surface area contributed by atoms with Crippen LogP contribution in [0.1, 0.15) is 265 Å². The van der Waals surface area contributed by atoms with Gasteiger partial charge in [0.2, 0.25) is 0 Å². The van der Waals surface area contributed by atoms with Gasteiger partial charge >= 0.3 is 25.7 Å². The molecule has 0 spiro atoms. The minimum absolute atomic E-state index is 0.116. The van der Waals surface area contributed by atoms with Crippen molar-refractivity contribution in [1.82, 2.24) is 0 Å². The van der Waals surface area contributed by atoms with E-state index in [9.17, 15) is 28.9 Å². The Hall–Kier alpha value is -2.82. The van der Waals surface area contributed by atoms with Crippen LogP contribution in [-0.4, -0.2) is 66.5 Å². The summed E-state index contributed by atoms with van der Waals surface area (Å²) in [5, 5.41) is 9.79. The Balaban J connectivity index is 4.73. The van der Waals surface area contributed by atoms with E-state index in [4.69, 9.17) is 23.3 Å². The summed E-state index contributed by atoms with van der Waals surface area (Å²) in [7, 11) is -4.76. The first-order chi connectivity index (χ1) is 35.2. The van der Waals surface area contributed by atoms with Crippen molar-refractivity contribution in [3.63, 3.8) is 0 Å². The van der Waals surface area contributed by atoms with Gasteiger partial charge in [-0.15, -0.1) is 0 Å². The number of unbranched alkanes of at least 4 members (excludes halogenated alkanes) is 27. The molecule has 0 radical (unpaired) electrons. The molecule has 3 unspecified atom stereocenters. The van der Waals surface area contributed by atoms with E-state index in [1.54, 1.807) is 0 Å². The first-order valence-electron chi connectivity index (χ1n) is 29.2. The van der Waals surface area contributed by atoms with Crippen LogP contribution in [0, 0.1) is 0 Å². The Bertz CT molecular complexity index is 1440. The lowest BCUT2D eigenvalue weighted by molar-refractivity contribution is -0.161. The SMILES string of the molecule is CC/C=C\C/C=C\C/C=C\C/C=C\CCCCC(=O)OC(COC(=O)CCCCCCCCCCCCCCCCCCCCC)COP(=O)(O)OCC(CO)OC(=O)CCCCCCC/C=C\CCCC. The van der Waals surface area contributed by atoms with Crippen LogP contribution >= 0.6 is 7.82 Å². The maximum Gasteiger partial charge on any atom is 0.472 e. The normalized spacial score (nSPS) is 13.8. The number of carbonyl (C=O) groups is 3. The van der Waals surface area contributed by atoms with E-state index in [1.165, 1.54) is 109 Å². The summed E-state index contributed by atoms with van der Waals surface area (Å²) >= 11 is 0. The first-order valence-corrected chi connectivity index (χ1v) is 30.7. The number of allylic oxidation sites excluding steroid dienone is 10. The first kappa shape index (κ1) is 69.2. The van der Waals surface area contributed by atoms with Gasteiger partial charge in [0, 0.05) is 19.3 Å². The summed E-state index contributed by atoms with van der Waals surface area (Å²) in [4.78, 5) is 48.5. The fraction of sp³-hybridized carbons (Fsp3) is 0.783. The topological polar surface area (TPSA) is 155 Å². The summed E-state index contributed by atoms with van der Waals surface area (Å²) in [6.45, 7) is 4.46. The van der Waals surface area contributed by atoms with Crippen LogP contribution in [0.2, 0.25) is 0 Å². The van der Waals surface area contributed by atoms with Crippen molar-refractivity contribution in [3.8, 4) is 0 Å². The van der Waals surface area contributed by atoms with Crippen LogP contribution in [0.15, 0.2) is 60.8 Å². The number of esters is 3. The highest BCUT2D eigenvalue weighted by atomic mass is 31.2. The predicted molar refractivity (Wildman–Crippen MR) is 298 cm³/mol. The smallest absolute Gasteiger partial charge is 0.462 e. The molecular formula is C60H107O11P. The van der Waals surface area contributed by atoms with Gasteiger partial charge in [-0.1, -0.05) is 229 Å². The standard InChI is InChI=1S/C60H107O11P/c1-4-7-10-13-16-19-22-24-26-27-28-29-31-32-35-37-40-43-46-49-58(62)67-53-57(71-60(64)51-48-45-42-39-36-33-30-25-23-20-17-14-11-8-5-2)55-69-72(65,66)68-54-56(52-61)70-59(63)50-47-44-41-38-34-21-18-15-12-9-6-3/h8,11,15,17-18,20,25,30,36,39,56-57,61H,4-7,9-10,12-14,16,19,21-24,26-29,31-35,37-38,40-55H2,1-3H3,(H,65,66)/b11-8-,18-15-,20-17-,30-25-,39-36-. The molecule has 0 amide bonds. The molecule has 0 bridgehead atoms. The zero-order chi connectivity index (χ0) is 52.7. The average Bonchev–Trinajstić information content (AvgIpc) is 3.37. The largest absolute Gasteiger partial charge is 0.472 e. The molecule has 0 aliphatic heterocycles. The summed E-state index contributed by atoms with van der Waals surface area (Å²) in [5.41, 5.74) is 0. The van der Waals surface area contributed by atoms with Crippen LogP contribution in [0.3, 0.4) is 0 Å². The average molecular weight is 1040 g/mol. The molecule has 0 aromatic heterocycles. The predicted octanol–water partition coefficient (Wildman–Crippen LogP) is 17.1. The number of aliphatic hydroxyl groups excluding tert-OH is 1. The molecule has 0 aromatic rings. The second-order valence-corrected chi connectivity index (χ2v) is 20.9. The number of carbonyl (C=O) groups excluding carboxylic acids is 3. The molecule has 0 saturated heterocycles. The van der Waals surface area contributed by atoms with Crippen molar-refractivity contribution >= 4 is 25.7 Å². The van der Waals surface area contributed by atoms with Gasteiger partial charge < -0.3 is 24.2 Å². The van der Waals surface area contributed by atoms with E-state index in [0.29, 0.717) is 19.3 Å². The Kier molecular flexibility index (Phi) is 52.3. The third-order valence-corrected chi connectivity index (χ3v) is 13.4. The van der Waals surface area contributed by atoms with Crippen LogP contribution in [0.25, 0.3) is 0 Å². The molecule has 2 N–H and O–H groups in total. The lowest BCUT2D eigenvalue weighted by atomic mass is 10.0. The van der Waals surface area contributed by atoms with E-state index in [2.05, 4.69) is 81.5 Å². The number of aliphatic hydroxyl groups is 1. The molecule has 0 aromatic carbocycles. The fourth-order valence-corrected chi connectivity index (χ4v) is 8.76. The van der Waals surface area contributed by atoms with Gasteiger partial charge in [-0.2, -0.15) is 0 Å². The van der Waals surface area contributed by atoms with Crippen molar-refractivity contribution in [3.05, 3.63) is 60.8 Å². The Morgan fingerprint density at radius 3 is 1.19 bits per heavy atom. The molecule has 12 heteroatoms. The number of hydrogen-bond donors (Lipinski definition) is 2. The highest BCUT2D eigenvalue weighted by molar-refractivity contribution is 7.47. The van der Waals surface area contributed by atoms with Crippen LogP contribution in [-0.2, 0) is 42.2 Å². The lowest BCUT2D eigenvalue weighted by Crippen LogP contribution is -2.30. The monoisotopic (exact) mass is 1030 g/mol. The van der Waals surface area contributed by atoms with Gasteiger partial charge in [0.1, 0.15) is 12.7 Å². The summed E-state index contributed by atoms with van der Waals surface area (Å²) in [6.07, 6.45) is 59.1. The second kappa shape index (κ2) is 54.4. The van der Waals surface area contributed by atoms with Crippen molar-refractivity contribution in [2.45, 2.75) is 277 Å². The zero-order valence-electron chi connectivity index (χ0n) is 46.1. The molecule has 418 valence electrons. The van der Waals surface area contributed by atoms with Crippen LogP contribution in [0.5, 0.6) is 0 Å². The molecule has 3 atom stereocenters. The molecule has 0 aliphatic carbocycles.